The van der Waals surface area contributed by atoms with Gasteiger partial charge in [-0.3, -0.25) is 4.79 Å². The Morgan fingerprint density at radius 2 is 2.00 bits per heavy atom. The van der Waals surface area contributed by atoms with Gasteiger partial charge >= 0.3 is 0 Å². The molecule has 2 aliphatic rings. The number of carbonyl (C=O) groups is 1. The maximum Gasteiger partial charge on any atom is 0.226 e. The number of allylic oxidation sites excluding steroid dienone is 2. The molecule has 5 heteroatoms. The van der Waals surface area contributed by atoms with Gasteiger partial charge in [0.2, 0.25) is 5.91 Å². The van der Waals surface area contributed by atoms with E-state index >= 15 is 0 Å². The summed E-state index contributed by atoms with van der Waals surface area (Å²) in [7, 11) is 2.07. The number of anilines is 1. The van der Waals surface area contributed by atoms with Gasteiger partial charge in [0.05, 0.1) is 0 Å². The number of carbonyl (C=O) groups excluding carboxylic acids is 1. The lowest BCUT2D eigenvalue weighted by Crippen LogP contribution is -2.47. The predicted molar refractivity (Wildman–Crippen MR) is 81.9 cm³/mol. The van der Waals surface area contributed by atoms with Gasteiger partial charge in [-0.2, -0.15) is 0 Å². The molecule has 21 heavy (non-hydrogen) atoms. The maximum absolute atomic E-state index is 12.4. The summed E-state index contributed by atoms with van der Waals surface area (Å²) < 4.78 is 0. The van der Waals surface area contributed by atoms with Gasteiger partial charge in [-0.05, 0) is 31.7 Å². The Morgan fingerprint density at radius 3 is 2.62 bits per heavy atom. The van der Waals surface area contributed by atoms with E-state index in [0.717, 1.165) is 44.6 Å². The van der Waals surface area contributed by atoms with E-state index in [2.05, 4.69) is 34.1 Å². The summed E-state index contributed by atoms with van der Waals surface area (Å²) in [6.45, 7) is 1.71. The highest BCUT2D eigenvalue weighted by Gasteiger charge is 2.29. The summed E-state index contributed by atoms with van der Waals surface area (Å²) in [4.78, 5) is 24.9. The molecule has 1 aromatic heterocycles. The molecule has 0 saturated carbocycles. The molecule has 0 atom stereocenters. The summed E-state index contributed by atoms with van der Waals surface area (Å²) in [6, 6.07) is 2.38. The van der Waals surface area contributed by atoms with Gasteiger partial charge in [-0.1, -0.05) is 12.2 Å². The molecule has 2 heterocycles. The van der Waals surface area contributed by atoms with Crippen molar-refractivity contribution in [3.8, 4) is 0 Å². The molecule has 1 aromatic rings. The third-order valence-corrected chi connectivity index (χ3v) is 4.61. The third-order valence-electron chi connectivity index (χ3n) is 4.61. The molecular weight excluding hydrogens is 264 g/mol. The van der Waals surface area contributed by atoms with Crippen LogP contribution in [0.4, 0.5) is 5.82 Å². The molecule has 0 unspecified atom stereocenters. The van der Waals surface area contributed by atoms with Crippen LogP contribution in [0.1, 0.15) is 25.7 Å². The van der Waals surface area contributed by atoms with E-state index in [9.17, 15) is 4.79 Å². The maximum atomic E-state index is 12.4. The van der Waals surface area contributed by atoms with Crippen LogP contribution < -0.4 is 4.90 Å². The molecule has 0 aromatic carbocycles. The quantitative estimate of drug-likeness (QED) is 0.796. The minimum absolute atomic E-state index is 0.196. The van der Waals surface area contributed by atoms with Gasteiger partial charge in [0.1, 0.15) is 12.1 Å². The number of likely N-dealkylation sites (tertiary alicyclic amines) is 1. The molecule has 5 nitrogen and oxygen atoms in total. The lowest BCUT2D eigenvalue weighted by molar-refractivity contribution is -0.136. The van der Waals surface area contributed by atoms with Crippen LogP contribution in [0.25, 0.3) is 0 Å². The zero-order valence-electron chi connectivity index (χ0n) is 12.5. The van der Waals surface area contributed by atoms with Gasteiger partial charge in [-0.25, -0.2) is 9.97 Å². The summed E-state index contributed by atoms with van der Waals surface area (Å²) in [5.41, 5.74) is 0. The number of amides is 1. The van der Waals surface area contributed by atoms with Gasteiger partial charge in [0.15, 0.2) is 0 Å². The molecule has 1 saturated heterocycles. The van der Waals surface area contributed by atoms with Gasteiger partial charge < -0.3 is 9.80 Å². The zero-order chi connectivity index (χ0) is 14.7. The molecule has 1 amide bonds. The van der Waals surface area contributed by atoms with Crippen molar-refractivity contribution in [2.75, 3.05) is 25.0 Å². The molecule has 0 bridgehead atoms. The third kappa shape index (κ3) is 3.06. The van der Waals surface area contributed by atoms with Gasteiger partial charge in [0, 0.05) is 38.3 Å². The van der Waals surface area contributed by atoms with Crippen LogP contribution in [0.15, 0.2) is 30.7 Å². The first-order valence-electron chi connectivity index (χ1n) is 7.68. The second-order valence-electron chi connectivity index (χ2n) is 5.87. The van der Waals surface area contributed by atoms with E-state index in [1.54, 1.807) is 12.5 Å². The number of rotatable bonds is 3. The predicted octanol–water partition coefficient (Wildman–Crippen LogP) is 1.87. The SMILES string of the molecule is CN(c1ccncn1)C1CCN(C(=O)C2CC=CC2)CC1. The van der Waals surface area contributed by atoms with Crippen molar-refractivity contribution < 1.29 is 4.79 Å². The minimum atomic E-state index is 0.196. The average Bonchev–Trinajstić information content (AvgIpc) is 3.09. The smallest absolute Gasteiger partial charge is 0.226 e. The number of piperidine rings is 1. The van der Waals surface area contributed by atoms with E-state index in [1.807, 2.05) is 11.0 Å². The van der Waals surface area contributed by atoms with Crippen LogP contribution in [0.5, 0.6) is 0 Å². The number of hydrogen-bond acceptors (Lipinski definition) is 4. The van der Waals surface area contributed by atoms with E-state index in [-0.39, 0.29) is 5.92 Å². The fraction of sp³-hybridized carbons (Fsp3) is 0.562. The molecule has 1 fully saturated rings. The Morgan fingerprint density at radius 1 is 1.29 bits per heavy atom. The fourth-order valence-corrected chi connectivity index (χ4v) is 3.23. The molecule has 1 aliphatic heterocycles. The molecule has 0 spiro atoms. The first kappa shape index (κ1) is 14.0. The van der Waals surface area contributed by atoms with Crippen molar-refractivity contribution in [3.63, 3.8) is 0 Å². The Hall–Kier alpha value is -1.91. The van der Waals surface area contributed by atoms with Gasteiger partial charge in [-0.15, -0.1) is 0 Å². The summed E-state index contributed by atoms with van der Waals surface area (Å²) in [6.07, 6.45) is 11.4. The van der Waals surface area contributed by atoms with Crippen molar-refractivity contribution in [1.82, 2.24) is 14.9 Å². The van der Waals surface area contributed by atoms with Gasteiger partial charge in [0.25, 0.3) is 0 Å². The minimum Gasteiger partial charge on any atom is -0.356 e. The van der Waals surface area contributed by atoms with Crippen molar-refractivity contribution in [3.05, 3.63) is 30.7 Å². The van der Waals surface area contributed by atoms with Crippen LogP contribution in [0, 0.1) is 5.92 Å². The van der Waals surface area contributed by atoms with Crippen molar-refractivity contribution in [2.45, 2.75) is 31.7 Å². The molecular formula is C16H22N4O. The Balaban J connectivity index is 1.54. The van der Waals surface area contributed by atoms with E-state index < -0.39 is 0 Å². The van der Waals surface area contributed by atoms with Crippen molar-refractivity contribution in [2.24, 2.45) is 5.92 Å². The van der Waals surface area contributed by atoms with E-state index in [0.29, 0.717) is 11.9 Å². The van der Waals surface area contributed by atoms with E-state index in [4.69, 9.17) is 0 Å². The summed E-state index contributed by atoms with van der Waals surface area (Å²) in [5.74, 6) is 1.49. The lowest BCUT2D eigenvalue weighted by Gasteiger charge is -2.38. The van der Waals surface area contributed by atoms with Crippen molar-refractivity contribution >= 4 is 11.7 Å². The molecule has 0 radical (unpaired) electrons. The molecule has 0 N–H and O–H groups in total. The topological polar surface area (TPSA) is 49.3 Å². The van der Waals surface area contributed by atoms with Crippen LogP contribution in [-0.2, 0) is 4.79 Å². The lowest BCUT2D eigenvalue weighted by atomic mass is 10.00. The Labute approximate surface area is 125 Å². The zero-order valence-corrected chi connectivity index (χ0v) is 12.5. The number of aromatic nitrogens is 2. The Bertz CT molecular complexity index is 500. The highest BCUT2D eigenvalue weighted by Crippen LogP contribution is 2.24. The first-order valence-corrected chi connectivity index (χ1v) is 7.68. The second kappa shape index (κ2) is 6.24. The summed E-state index contributed by atoms with van der Waals surface area (Å²) in [5, 5.41) is 0. The Kier molecular flexibility index (Phi) is 4.18. The van der Waals surface area contributed by atoms with Crippen LogP contribution in [-0.4, -0.2) is 47.0 Å². The molecule has 3 rings (SSSR count). The highest BCUT2D eigenvalue weighted by atomic mass is 16.2. The summed E-state index contributed by atoms with van der Waals surface area (Å²) >= 11 is 0. The van der Waals surface area contributed by atoms with Crippen LogP contribution >= 0.6 is 0 Å². The van der Waals surface area contributed by atoms with Crippen molar-refractivity contribution in [1.29, 1.82) is 0 Å². The normalized spacial score (nSPS) is 20.0. The molecule has 112 valence electrons. The van der Waals surface area contributed by atoms with Crippen LogP contribution in [0.2, 0.25) is 0 Å². The standard InChI is InChI=1S/C16H22N4O/c1-19(15-6-9-17-12-18-15)14-7-10-20(11-8-14)16(21)13-4-2-3-5-13/h2-3,6,9,12-14H,4-5,7-8,10-11H2,1H3. The highest BCUT2D eigenvalue weighted by molar-refractivity contribution is 5.79. The number of nitrogens with zero attached hydrogens (tertiary/aromatic N) is 4. The van der Waals surface area contributed by atoms with Crippen LogP contribution in [0.3, 0.4) is 0 Å². The number of hydrogen-bond donors (Lipinski definition) is 0. The fourth-order valence-electron chi connectivity index (χ4n) is 3.23. The largest absolute Gasteiger partial charge is 0.356 e. The second-order valence-corrected chi connectivity index (χ2v) is 5.87. The monoisotopic (exact) mass is 286 g/mol. The van der Waals surface area contributed by atoms with E-state index in [1.165, 1.54) is 0 Å². The molecule has 1 aliphatic carbocycles. The average molecular weight is 286 g/mol. The first-order chi connectivity index (χ1) is 10.3.